The summed E-state index contributed by atoms with van der Waals surface area (Å²) in [6.45, 7) is 6.61. The van der Waals surface area contributed by atoms with E-state index in [0.717, 1.165) is 6.42 Å². The maximum atomic E-state index is 11.7. The minimum atomic E-state index is -0.228. The Morgan fingerprint density at radius 1 is 1.20 bits per heavy atom. The third kappa shape index (κ3) is 6.57. The van der Waals surface area contributed by atoms with Gasteiger partial charge in [-0.05, 0) is 45.1 Å². The van der Waals surface area contributed by atoms with Crippen LogP contribution < -0.4 is 10.6 Å². The molecule has 0 radical (unpaired) electrons. The molecular formula is C16H26N2O2. The molecule has 0 bridgehead atoms. The van der Waals surface area contributed by atoms with Crippen molar-refractivity contribution >= 4 is 6.03 Å². The zero-order valence-corrected chi connectivity index (χ0v) is 12.6. The molecule has 1 aromatic carbocycles. The maximum absolute atomic E-state index is 11.7. The normalized spacial score (nSPS) is 12.8. The summed E-state index contributed by atoms with van der Waals surface area (Å²) in [5.74, 6) is 0.274. The van der Waals surface area contributed by atoms with Gasteiger partial charge in [0.25, 0.3) is 0 Å². The van der Waals surface area contributed by atoms with E-state index in [9.17, 15) is 4.79 Å². The number of aliphatic hydroxyl groups is 1. The fourth-order valence-corrected chi connectivity index (χ4v) is 2.10. The molecule has 0 fully saturated rings. The van der Waals surface area contributed by atoms with E-state index in [1.54, 1.807) is 0 Å². The fraction of sp³-hybridized carbons (Fsp3) is 0.562. The van der Waals surface area contributed by atoms with Gasteiger partial charge in [-0.2, -0.15) is 0 Å². The van der Waals surface area contributed by atoms with Gasteiger partial charge in [0.1, 0.15) is 0 Å². The molecule has 4 heteroatoms. The van der Waals surface area contributed by atoms with Crippen LogP contribution in [0, 0.1) is 0 Å². The van der Waals surface area contributed by atoms with Crippen LogP contribution >= 0.6 is 0 Å². The second kappa shape index (κ2) is 7.90. The Morgan fingerprint density at radius 2 is 1.85 bits per heavy atom. The topological polar surface area (TPSA) is 61.4 Å². The quantitative estimate of drug-likeness (QED) is 0.749. The first kappa shape index (κ1) is 16.5. The number of urea groups is 1. The Morgan fingerprint density at radius 3 is 2.40 bits per heavy atom. The lowest BCUT2D eigenvalue weighted by Gasteiger charge is -2.22. The molecule has 1 rings (SSSR count). The summed E-state index contributed by atoms with van der Waals surface area (Å²) in [6, 6.07) is 9.96. The lowest BCUT2D eigenvalue weighted by Crippen LogP contribution is -2.46. The van der Waals surface area contributed by atoms with Crippen molar-refractivity contribution in [2.75, 3.05) is 13.2 Å². The van der Waals surface area contributed by atoms with Crippen LogP contribution in [0.5, 0.6) is 0 Å². The van der Waals surface area contributed by atoms with Gasteiger partial charge in [-0.25, -0.2) is 4.79 Å². The van der Waals surface area contributed by atoms with E-state index in [4.69, 9.17) is 5.11 Å². The number of carbonyl (C=O) groups is 1. The number of hydrogen-bond donors (Lipinski definition) is 3. The first-order valence-electron chi connectivity index (χ1n) is 7.14. The van der Waals surface area contributed by atoms with Gasteiger partial charge in [-0.3, -0.25) is 0 Å². The van der Waals surface area contributed by atoms with E-state index in [1.807, 2.05) is 39.0 Å². The third-order valence-electron chi connectivity index (χ3n) is 3.02. The van der Waals surface area contributed by atoms with Crippen molar-refractivity contribution in [3.8, 4) is 0 Å². The molecule has 0 aliphatic carbocycles. The van der Waals surface area contributed by atoms with Crippen LogP contribution in [0.1, 0.15) is 45.1 Å². The molecule has 112 valence electrons. The van der Waals surface area contributed by atoms with Gasteiger partial charge < -0.3 is 15.7 Å². The molecule has 3 N–H and O–H groups in total. The first-order chi connectivity index (χ1) is 9.42. The number of benzene rings is 1. The number of hydrogen-bond acceptors (Lipinski definition) is 2. The smallest absolute Gasteiger partial charge is 0.315 e. The molecule has 0 aliphatic heterocycles. The molecule has 0 saturated carbocycles. The second-order valence-electron chi connectivity index (χ2n) is 6.04. The van der Waals surface area contributed by atoms with Crippen molar-refractivity contribution in [3.05, 3.63) is 35.9 Å². The average Bonchev–Trinajstić information content (AvgIpc) is 2.36. The Labute approximate surface area is 121 Å². The molecular weight excluding hydrogens is 252 g/mol. The summed E-state index contributed by atoms with van der Waals surface area (Å²) in [5, 5.41) is 14.9. The van der Waals surface area contributed by atoms with E-state index < -0.39 is 0 Å². The van der Waals surface area contributed by atoms with E-state index in [2.05, 4.69) is 22.8 Å². The lowest BCUT2D eigenvalue weighted by atomic mass is 9.93. The highest BCUT2D eigenvalue weighted by atomic mass is 16.3. The number of nitrogens with one attached hydrogen (secondary N) is 2. The number of aliphatic hydroxyl groups excluding tert-OH is 1. The molecule has 4 nitrogen and oxygen atoms in total. The van der Waals surface area contributed by atoms with E-state index in [-0.39, 0.29) is 24.1 Å². The Balaban J connectivity index is 2.42. The second-order valence-corrected chi connectivity index (χ2v) is 6.04. The predicted molar refractivity (Wildman–Crippen MR) is 81.8 cm³/mol. The van der Waals surface area contributed by atoms with Crippen molar-refractivity contribution < 1.29 is 9.90 Å². The summed E-state index contributed by atoms with van der Waals surface area (Å²) >= 11 is 0. The van der Waals surface area contributed by atoms with Crippen molar-refractivity contribution in [2.45, 2.75) is 45.1 Å². The number of rotatable bonds is 6. The molecule has 20 heavy (non-hydrogen) atoms. The van der Waals surface area contributed by atoms with Crippen LogP contribution in [-0.4, -0.2) is 29.8 Å². The Kier molecular flexibility index (Phi) is 6.52. The van der Waals surface area contributed by atoms with Crippen LogP contribution in [0.25, 0.3) is 0 Å². The summed E-state index contributed by atoms with van der Waals surface area (Å²) < 4.78 is 0. The lowest BCUT2D eigenvalue weighted by molar-refractivity contribution is 0.231. The average molecular weight is 278 g/mol. The van der Waals surface area contributed by atoms with E-state index in [0.29, 0.717) is 13.0 Å². The third-order valence-corrected chi connectivity index (χ3v) is 3.02. The van der Waals surface area contributed by atoms with Crippen molar-refractivity contribution in [1.29, 1.82) is 0 Å². The van der Waals surface area contributed by atoms with Gasteiger partial charge in [0, 0.05) is 18.7 Å². The highest BCUT2D eigenvalue weighted by Crippen LogP contribution is 2.22. The van der Waals surface area contributed by atoms with Crippen molar-refractivity contribution in [1.82, 2.24) is 10.6 Å². The van der Waals surface area contributed by atoms with Gasteiger partial charge in [0.05, 0.1) is 0 Å². The van der Waals surface area contributed by atoms with Gasteiger partial charge in [-0.1, -0.05) is 30.3 Å². The zero-order valence-electron chi connectivity index (χ0n) is 12.6. The predicted octanol–water partition coefficient (Wildman–Crippen LogP) is 2.64. The zero-order chi connectivity index (χ0) is 15.0. The van der Waals surface area contributed by atoms with Crippen LogP contribution in [0.15, 0.2) is 30.3 Å². The number of carbonyl (C=O) groups excluding carboxylic acids is 1. The highest BCUT2D eigenvalue weighted by molar-refractivity contribution is 5.74. The standard InChI is InChI=1S/C16H26N2O2/c1-16(2,3)18-15(20)17-11-9-14(10-12-19)13-7-5-4-6-8-13/h4-8,14,19H,9-12H2,1-3H3,(H2,17,18,20). The van der Waals surface area contributed by atoms with Gasteiger partial charge in [-0.15, -0.1) is 0 Å². The minimum Gasteiger partial charge on any atom is -0.396 e. The van der Waals surface area contributed by atoms with Crippen LogP contribution in [0.3, 0.4) is 0 Å². The summed E-state index contributed by atoms with van der Waals surface area (Å²) in [4.78, 5) is 11.7. The first-order valence-corrected chi connectivity index (χ1v) is 7.14. The molecule has 1 aromatic rings. The number of amides is 2. The van der Waals surface area contributed by atoms with Crippen LogP contribution in [0.2, 0.25) is 0 Å². The minimum absolute atomic E-state index is 0.145. The molecule has 0 heterocycles. The largest absolute Gasteiger partial charge is 0.396 e. The summed E-state index contributed by atoms with van der Waals surface area (Å²) in [5.41, 5.74) is 0.980. The molecule has 0 saturated heterocycles. The van der Waals surface area contributed by atoms with Crippen LogP contribution in [0.4, 0.5) is 4.79 Å². The monoisotopic (exact) mass is 278 g/mol. The highest BCUT2D eigenvalue weighted by Gasteiger charge is 2.14. The molecule has 0 aliphatic rings. The van der Waals surface area contributed by atoms with E-state index >= 15 is 0 Å². The van der Waals surface area contributed by atoms with Gasteiger partial charge in [0.15, 0.2) is 0 Å². The molecule has 1 unspecified atom stereocenters. The summed E-state index contributed by atoms with van der Waals surface area (Å²) in [7, 11) is 0. The van der Waals surface area contributed by atoms with Gasteiger partial charge >= 0.3 is 6.03 Å². The SMILES string of the molecule is CC(C)(C)NC(=O)NCCC(CCO)c1ccccc1. The molecule has 2 amide bonds. The summed E-state index contributed by atoms with van der Waals surface area (Å²) in [6.07, 6.45) is 1.54. The molecule has 1 atom stereocenters. The van der Waals surface area contributed by atoms with Crippen molar-refractivity contribution in [2.24, 2.45) is 0 Å². The van der Waals surface area contributed by atoms with Crippen LogP contribution in [-0.2, 0) is 0 Å². The Bertz CT molecular complexity index is 399. The van der Waals surface area contributed by atoms with Crippen molar-refractivity contribution in [3.63, 3.8) is 0 Å². The fourth-order valence-electron chi connectivity index (χ4n) is 2.10. The van der Waals surface area contributed by atoms with E-state index in [1.165, 1.54) is 5.56 Å². The Hall–Kier alpha value is -1.55. The molecule has 0 aromatic heterocycles. The molecule has 0 spiro atoms. The van der Waals surface area contributed by atoms with Gasteiger partial charge in [0.2, 0.25) is 0 Å². The maximum Gasteiger partial charge on any atom is 0.315 e.